The van der Waals surface area contributed by atoms with Crippen molar-refractivity contribution in [1.29, 1.82) is 0 Å². The predicted octanol–water partition coefficient (Wildman–Crippen LogP) is -0.549. The molecule has 0 unspecified atom stereocenters. The molecule has 7 nitrogen and oxygen atoms in total. The third kappa shape index (κ3) is 3.93. The Labute approximate surface area is 124 Å². The van der Waals surface area contributed by atoms with Crippen LogP contribution in [0.25, 0.3) is 0 Å². The first-order valence-corrected chi connectivity index (χ1v) is 8.20. The van der Waals surface area contributed by atoms with Gasteiger partial charge in [-0.05, 0) is 37.2 Å². The first kappa shape index (κ1) is 15.7. The number of nitrogen functional groups attached to an aromatic ring is 1. The van der Waals surface area contributed by atoms with E-state index in [1.54, 1.807) is 12.1 Å². The van der Waals surface area contributed by atoms with Crippen LogP contribution < -0.4 is 11.5 Å². The maximum atomic E-state index is 12.6. The van der Waals surface area contributed by atoms with Gasteiger partial charge in [-0.1, -0.05) is 0 Å². The molecule has 1 saturated heterocycles. The van der Waals surface area contributed by atoms with Crippen molar-refractivity contribution in [3.05, 3.63) is 24.3 Å². The van der Waals surface area contributed by atoms with Crippen LogP contribution in [0.2, 0.25) is 0 Å². The number of benzene rings is 1. The predicted molar refractivity (Wildman–Crippen MR) is 79.9 cm³/mol. The lowest BCUT2D eigenvalue weighted by molar-refractivity contribution is -0.119. The van der Waals surface area contributed by atoms with Gasteiger partial charge in [-0.15, -0.1) is 0 Å². The van der Waals surface area contributed by atoms with Crippen LogP contribution in [0.15, 0.2) is 29.2 Å². The van der Waals surface area contributed by atoms with Crippen molar-refractivity contribution in [3.8, 4) is 0 Å². The Kier molecular flexibility index (Phi) is 4.81. The van der Waals surface area contributed by atoms with Gasteiger partial charge in [-0.3, -0.25) is 9.69 Å². The highest BCUT2D eigenvalue weighted by Crippen LogP contribution is 2.18. The molecule has 116 valence electrons. The van der Waals surface area contributed by atoms with Crippen molar-refractivity contribution in [2.45, 2.75) is 11.3 Å². The number of primary amides is 1. The van der Waals surface area contributed by atoms with Crippen molar-refractivity contribution in [2.24, 2.45) is 5.73 Å². The molecule has 0 bridgehead atoms. The highest BCUT2D eigenvalue weighted by Gasteiger charge is 2.27. The van der Waals surface area contributed by atoms with E-state index in [-0.39, 0.29) is 11.4 Å². The van der Waals surface area contributed by atoms with Crippen molar-refractivity contribution in [2.75, 3.05) is 38.5 Å². The number of amides is 1. The van der Waals surface area contributed by atoms with E-state index in [1.165, 1.54) is 16.4 Å². The fourth-order valence-corrected chi connectivity index (χ4v) is 3.82. The van der Waals surface area contributed by atoms with Crippen molar-refractivity contribution >= 4 is 21.6 Å². The number of sulfonamides is 1. The van der Waals surface area contributed by atoms with Gasteiger partial charge in [0, 0.05) is 25.3 Å². The van der Waals surface area contributed by atoms with Gasteiger partial charge in [0.1, 0.15) is 0 Å². The zero-order valence-corrected chi connectivity index (χ0v) is 12.6. The lowest BCUT2D eigenvalue weighted by Crippen LogP contribution is -2.38. The first-order valence-electron chi connectivity index (χ1n) is 6.76. The Morgan fingerprint density at radius 3 is 2.38 bits per heavy atom. The zero-order valence-electron chi connectivity index (χ0n) is 11.7. The van der Waals surface area contributed by atoms with Crippen LogP contribution in [0.1, 0.15) is 6.42 Å². The van der Waals surface area contributed by atoms with E-state index in [9.17, 15) is 13.2 Å². The number of anilines is 1. The molecule has 2 rings (SSSR count). The number of nitrogens with zero attached hydrogens (tertiary/aromatic N) is 2. The summed E-state index contributed by atoms with van der Waals surface area (Å²) in [4.78, 5) is 13.1. The first-order chi connectivity index (χ1) is 9.89. The number of hydrogen-bond donors (Lipinski definition) is 2. The summed E-state index contributed by atoms with van der Waals surface area (Å²) >= 11 is 0. The van der Waals surface area contributed by atoms with Crippen LogP contribution in [0, 0.1) is 0 Å². The van der Waals surface area contributed by atoms with E-state index in [2.05, 4.69) is 0 Å². The highest BCUT2D eigenvalue weighted by molar-refractivity contribution is 7.89. The molecular formula is C13H20N4O3S. The molecule has 0 radical (unpaired) electrons. The summed E-state index contributed by atoms with van der Waals surface area (Å²) < 4.78 is 26.6. The highest BCUT2D eigenvalue weighted by atomic mass is 32.2. The quantitative estimate of drug-likeness (QED) is 0.725. The topological polar surface area (TPSA) is 110 Å². The largest absolute Gasteiger partial charge is 0.399 e. The van der Waals surface area contributed by atoms with Crippen molar-refractivity contribution in [1.82, 2.24) is 9.21 Å². The number of carbonyl (C=O) groups is 1. The molecule has 0 aliphatic carbocycles. The Bertz CT molecular complexity index is 600. The second-order valence-electron chi connectivity index (χ2n) is 5.07. The maximum Gasteiger partial charge on any atom is 0.243 e. The number of hydrogen-bond acceptors (Lipinski definition) is 5. The lowest BCUT2D eigenvalue weighted by atomic mass is 10.3. The lowest BCUT2D eigenvalue weighted by Gasteiger charge is -2.21. The normalized spacial score (nSPS) is 18.3. The molecule has 1 aliphatic heterocycles. The van der Waals surface area contributed by atoms with Crippen LogP contribution in [-0.2, 0) is 14.8 Å². The molecule has 0 saturated carbocycles. The number of nitrogens with two attached hydrogens (primary N) is 2. The summed E-state index contributed by atoms with van der Waals surface area (Å²) in [5.74, 6) is -0.398. The van der Waals surface area contributed by atoms with Crippen LogP contribution in [0.5, 0.6) is 0 Å². The molecule has 0 aromatic heterocycles. The molecular weight excluding hydrogens is 292 g/mol. The van der Waals surface area contributed by atoms with Gasteiger partial charge >= 0.3 is 0 Å². The minimum Gasteiger partial charge on any atom is -0.399 e. The van der Waals surface area contributed by atoms with Crippen LogP contribution >= 0.6 is 0 Å². The van der Waals surface area contributed by atoms with Crippen molar-refractivity contribution < 1.29 is 13.2 Å². The van der Waals surface area contributed by atoms with Gasteiger partial charge in [0.15, 0.2) is 0 Å². The average molecular weight is 312 g/mol. The number of rotatable bonds is 4. The smallest absolute Gasteiger partial charge is 0.243 e. The Morgan fingerprint density at radius 2 is 1.76 bits per heavy atom. The third-order valence-electron chi connectivity index (χ3n) is 3.44. The minimum absolute atomic E-state index is 0.162. The standard InChI is InChI=1S/C13H20N4O3S/c14-11-2-4-12(5-3-11)21(19,20)17-7-1-6-16(8-9-17)10-13(15)18/h2-5H,1,6-10,14H2,(H2,15,18). The van der Waals surface area contributed by atoms with Crippen molar-refractivity contribution in [3.63, 3.8) is 0 Å². The molecule has 4 N–H and O–H groups in total. The van der Waals surface area contributed by atoms with E-state index in [4.69, 9.17) is 11.5 Å². The summed E-state index contributed by atoms with van der Waals surface area (Å²) in [6.45, 7) is 2.10. The van der Waals surface area contributed by atoms with E-state index in [1.807, 2.05) is 4.90 Å². The van der Waals surface area contributed by atoms with E-state index >= 15 is 0 Å². The van der Waals surface area contributed by atoms with Gasteiger partial charge in [-0.25, -0.2) is 8.42 Å². The monoisotopic (exact) mass is 312 g/mol. The Morgan fingerprint density at radius 1 is 1.10 bits per heavy atom. The minimum atomic E-state index is -3.52. The second-order valence-corrected chi connectivity index (χ2v) is 7.01. The third-order valence-corrected chi connectivity index (χ3v) is 5.36. The summed E-state index contributed by atoms with van der Waals surface area (Å²) in [6, 6.07) is 6.17. The summed E-state index contributed by atoms with van der Waals surface area (Å²) in [7, 11) is -3.52. The molecule has 1 aromatic carbocycles. The van der Waals surface area contributed by atoms with Crippen LogP contribution in [0.3, 0.4) is 0 Å². The fraction of sp³-hybridized carbons (Fsp3) is 0.462. The Balaban J connectivity index is 2.10. The average Bonchev–Trinajstić information content (AvgIpc) is 2.64. The van der Waals surface area contributed by atoms with Gasteiger partial charge in [0.25, 0.3) is 0 Å². The van der Waals surface area contributed by atoms with E-state index in [0.717, 1.165) is 0 Å². The van der Waals surface area contributed by atoms with Gasteiger partial charge in [-0.2, -0.15) is 4.31 Å². The molecule has 1 fully saturated rings. The fourth-order valence-electron chi connectivity index (χ4n) is 2.35. The molecule has 1 aliphatic rings. The Hall–Kier alpha value is -1.64. The second kappa shape index (κ2) is 6.42. The molecule has 0 spiro atoms. The zero-order chi connectivity index (χ0) is 15.5. The van der Waals surface area contributed by atoms with Crippen LogP contribution in [-0.4, -0.2) is 56.3 Å². The van der Waals surface area contributed by atoms with Gasteiger partial charge < -0.3 is 11.5 Å². The van der Waals surface area contributed by atoms with Gasteiger partial charge in [0.2, 0.25) is 15.9 Å². The molecule has 1 heterocycles. The maximum absolute atomic E-state index is 12.6. The summed E-state index contributed by atoms with van der Waals surface area (Å²) in [5, 5.41) is 0. The molecule has 1 aromatic rings. The molecule has 1 amide bonds. The molecule has 8 heteroatoms. The number of carbonyl (C=O) groups excluding carboxylic acids is 1. The van der Waals surface area contributed by atoms with Gasteiger partial charge in [0.05, 0.1) is 11.4 Å². The van der Waals surface area contributed by atoms with E-state index < -0.39 is 15.9 Å². The SMILES string of the molecule is NC(=O)CN1CCCN(S(=O)(=O)c2ccc(N)cc2)CC1. The van der Waals surface area contributed by atoms with E-state index in [0.29, 0.717) is 38.3 Å². The molecule has 21 heavy (non-hydrogen) atoms. The van der Waals surface area contributed by atoms with Crippen LogP contribution in [0.4, 0.5) is 5.69 Å². The summed E-state index contributed by atoms with van der Waals surface area (Å²) in [5.41, 5.74) is 11.3. The summed E-state index contributed by atoms with van der Waals surface area (Å²) in [6.07, 6.45) is 0.668. The molecule has 0 atom stereocenters.